The summed E-state index contributed by atoms with van der Waals surface area (Å²) in [7, 11) is 0. The molecule has 0 aliphatic carbocycles. The zero-order valence-electron chi connectivity index (χ0n) is 12.9. The van der Waals surface area contributed by atoms with Gasteiger partial charge < -0.3 is 10.6 Å². The zero-order chi connectivity index (χ0) is 14.1. The Morgan fingerprint density at radius 3 is 2.47 bits per heavy atom. The molecular weight excluding hydrogens is 238 g/mol. The van der Waals surface area contributed by atoms with Gasteiger partial charge in [0.25, 0.3) is 0 Å². The van der Waals surface area contributed by atoms with Crippen LogP contribution in [0.2, 0.25) is 0 Å². The number of hydrogen-bond donors (Lipinski definition) is 2. The lowest BCUT2D eigenvalue weighted by atomic mass is 9.78. The summed E-state index contributed by atoms with van der Waals surface area (Å²) in [4.78, 5) is 14.6. The van der Waals surface area contributed by atoms with Gasteiger partial charge in [0.1, 0.15) is 0 Å². The van der Waals surface area contributed by atoms with Crippen molar-refractivity contribution in [2.75, 3.05) is 26.2 Å². The Hall–Kier alpha value is -0.610. The first-order valence-corrected chi connectivity index (χ1v) is 7.58. The molecule has 1 atom stereocenters. The molecule has 2 aliphatic rings. The van der Waals surface area contributed by atoms with Gasteiger partial charge in [0, 0.05) is 12.1 Å². The fraction of sp³-hybridized carbons (Fsp3) is 0.933. The topological polar surface area (TPSA) is 44.4 Å². The van der Waals surface area contributed by atoms with E-state index >= 15 is 0 Å². The van der Waals surface area contributed by atoms with Gasteiger partial charge in [0.15, 0.2) is 0 Å². The van der Waals surface area contributed by atoms with Crippen molar-refractivity contribution in [1.29, 1.82) is 0 Å². The maximum Gasteiger partial charge on any atom is 0.237 e. The fourth-order valence-electron chi connectivity index (χ4n) is 3.31. The zero-order valence-corrected chi connectivity index (χ0v) is 12.9. The van der Waals surface area contributed by atoms with Gasteiger partial charge in [-0.1, -0.05) is 0 Å². The highest BCUT2D eigenvalue weighted by molar-refractivity contribution is 5.82. The van der Waals surface area contributed by atoms with Gasteiger partial charge in [0.05, 0.1) is 6.04 Å². The van der Waals surface area contributed by atoms with Gasteiger partial charge in [0.2, 0.25) is 5.91 Å². The van der Waals surface area contributed by atoms with Crippen LogP contribution in [0.15, 0.2) is 0 Å². The molecule has 0 bridgehead atoms. The Morgan fingerprint density at radius 1 is 1.26 bits per heavy atom. The highest BCUT2D eigenvalue weighted by Crippen LogP contribution is 2.39. The van der Waals surface area contributed by atoms with Gasteiger partial charge in [-0.2, -0.15) is 0 Å². The molecule has 2 saturated heterocycles. The Morgan fingerprint density at radius 2 is 1.89 bits per heavy atom. The molecule has 19 heavy (non-hydrogen) atoms. The SMILES string of the molecule is CC(C(=O)NC(C)(C)C)N1CCC2(CCNCC2)C1. The van der Waals surface area contributed by atoms with Crippen molar-refractivity contribution in [2.24, 2.45) is 5.41 Å². The van der Waals surface area contributed by atoms with Crippen LogP contribution >= 0.6 is 0 Å². The van der Waals surface area contributed by atoms with Gasteiger partial charge in [-0.15, -0.1) is 0 Å². The molecule has 2 aliphatic heterocycles. The second-order valence-corrected chi connectivity index (χ2v) is 7.39. The molecule has 0 aromatic carbocycles. The molecule has 1 amide bonds. The Kier molecular flexibility index (Phi) is 4.21. The maximum absolute atomic E-state index is 12.3. The first kappa shape index (κ1) is 14.8. The standard InChI is InChI=1S/C15H29N3O/c1-12(13(19)17-14(2,3)4)18-10-7-15(11-18)5-8-16-9-6-15/h12,16H,5-11H2,1-4H3,(H,17,19). The van der Waals surface area contributed by atoms with Crippen molar-refractivity contribution in [3.8, 4) is 0 Å². The summed E-state index contributed by atoms with van der Waals surface area (Å²) in [5.41, 5.74) is 0.332. The summed E-state index contributed by atoms with van der Waals surface area (Å²) in [6, 6.07) is -0.00603. The molecule has 2 fully saturated rings. The van der Waals surface area contributed by atoms with Crippen LogP contribution in [0.4, 0.5) is 0 Å². The van der Waals surface area contributed by atoms with E-state index in [-0.39, 0.29) is 17.5 Å². The molecule has 0 aromatic rings. The lowest BCUT2D eigenvalue weighted by molar-refractivity contribution is -0.127. The second-order valence-electron chi connectivity index (χ2n) is 7.39. The molecule has 1 spiro atoms. The van der Waals surface area contributed by atoms with Crippen molar-refractivity contribution in [1.82, 2.24) is 15.5 Å². The number of piperidine rings is 1. The average Bonchev–Trinajstić information content (AvgIpc) is 2.71. The van der Waals surface area contributed by atoms with Crippen LogP contribution in [0.25, 0.3) is 0 Å². The number of hydrogen-bond acceptors (Lipinski definition) is 3. The first-order chi connectivity index (χ1) is 8.81. The molecule has 0 aromatic heterocycles. The van der Waals surface area contributed by atoms with E-state index < -0.39 is 0 Å². The third kappa shape index (κ3) is 3.69. The van der Waals surface area contributed by atoms with Gasteiger partial charge in [-0.05, 0) is 72.0 Å². The van der Waals surface area contributed by atoms with E-state index in [1.54, 1.807) is 0 Å². The normalized spacial score (nSPS) is 25.5. The number of rotatable bonds is 2. The van der Waals surface area contributed by atoms with Crippen LogP contribution in [0.1, 0.15) is 47.0 Å². The van der Waals surface area contributed by atoms with E-state index in [0.717, 1.165) is 26.2 Å². The van der Waals surface area contributed by atoms with Crippen LogP contribution in [0.5, 0.6) is 0 Å². The number of amides is 1. The molecule has 4 heteroatoms. The van der Waals surface area contributed by atoms with Crippen LogP contribution in [0, 0.1) is 5.41 Å². The van der Waals surface area contributed by atoms with E-state index in [0.29, 0.717) is 5.41 Å². The molecule has 1 unspecified atom stereocenters. The van der Waals surface area contributed by atoms with Crippen molar-refractivity contribution in [2.45, 2.75) is 58.5 Å². The molecule has 4 nitrogen and oxygen atoms in total. The summed E-state index contributed by atoms with van der Waals surface area (Å²) in [6.45, 7) is 12.6. The summed E-state index contributed by atoms with van der Waals surface area (Å²) in [6.07, 6.45) is 3.77. The largest absolute Gasteiger partial charge is 0.350 e. The number of likely N-dealkylation sites (tertiary alicyclic amines) is 1. The van der Waals surface area contributed by atoms with E-state index in [4.69, 9.17) is 0 Å². The van der Waals surface area contributed by atoms with Crippen molar-refractivity contribution in [3.63, 3.8) is 0 Å². The predicted octanol–water partition coefficient (Wildman–Crippen LogP) is 1.37. The quantitative estimate of drug-likeness (QED) is 0.794. The predicted molar refractivity (Wildman–Crippen MR) is 78.1 cm³/mol. The summed E-state index contributed by atoms with van der Waals surface area (Å²) < 4.78 is 0. The minimum Gasteiger partial charge on any atom is -0.350 e. The molecule has 110 valence electrons. The highest BCUT2D eigenvalue weighted by Gasteiger charge is 2.41. The van der Waals surface area contributed by atoms with E-state index in [1.165, 1.54) is 19.3 Å². The van der Waals surface area contributed by atoms with E-state index in [2.05, 4.69) is 15.5 Å². The second kappa shape index (κ2) is 5.41. The van der Waals surface area contributed by atoms with E-state index in [9.17, 15) is 4.79 Å². The average molecular weight is 267 g/mol. The van der Waals surface area contributed by atoms with Crippen molar-refractivity contribution in [3.05, 3.63) is 0 Å². The number of carbonyl (C=O) groups excluding carboxylic acids is 1. The molecule has 2 N–H and O–H groups in total. The van der Waals surface area contributed by atoms with Gasteiger partial charge in [-0.3, -0.25) is 9.69 Å². The third-order valence-electron chi connectivity index (χ3n) is 4.56. The minimum absolute atomic E-state index is 0.00603. The lowest BCUT2D eigenvalue weighted by Gasteiger charge is -2.35. The number of nitrogens with one attached hydrogen (secondary N) is 2. The monoisotopic (exact) mass is 267 g/mol. The summed E-state index contributed by atoms with van der Waals surface area (Å²) in [5.74, 6) is 0.165. The lowest BCUT2D eigenvalue weighted by Crippen LogP contribution is -2.51. The summed E-state index contributed by atoms with van der Waals surface area (Å²) >= 11 is 0. The first-order valence-electron chi connectivity index (χ1n) is 7.58. The number of carbonyl (C=O) groups is 1. The fourth-order valence-corrected chi connectivity index (χ4v) is 3.31. The molecular formula is C15H29N3O. The summed E-state index contributed by atoms with van der Waals surface area (Å²) in [5, 5.41) is 6.53. The molecule has 0 radical (unpaired) electrons. The highest BCUT2D eigenvalue weighted by atomic mass is 16.2. The van der Waals surface area contributed by atoms with Crippen LogP contribution in [-0.2, 0) is 4.79 Å². The van der Waals surface area contributed by atoms with Gasteiger partial charge >= 0.3 is 0 Å². The molecule has 0 saturated carbocycles. The van der Waals surface area contributed by atoms with Crippen LogP contribution in [0.3, 0.4) is 0 Å². The number of nitrogens with zero attached hydrogens (tertiary/aromatic N) is 1. The van der Waals surface area contributed by atoms with Crippen LogP contribution < -0.4 is 10.6 Å². The molecule has 2 rings (SSSR count). The Labute approximate surface area is 117 Å². The van der Waals surface area contributed by atoms with Gasteiger partial charge in [-0.25, -0.2) is 0 Å². The van der Waals surface area contributed by atoms with Crippen molar-refractivity contribution < 1.29 is 4.79 Å². The van der Waals surface area contributed by atoms with Crippen molar-refractivity contribution >= 4 is 5.91 Å². The van der Waals surface area contributed by atoms with E-state index in [1.807, 2.05) is 27.7 Å². The Balaban J connectivity index is 1.91. The smallest absolute Gasteiger partial charge is 0.237 e. The Bertz CT molecular complexity index is 329. The minimum atomic E-state index is -0.141. The third-order valence-corrected chi connectivity index (χ3v) is 4.56. The molecule has 2 heterocycles. The maximum atomic E-state index is 12.3. The van der Waals surface area contributed by atoms with Crippen LogP contribution in [-0.4, -0.2) is 48.6 Å².